The number of hydrogen-bond acceptors (Lipinski definition) is 4. The van der Waals surface area contributed by atoms with E-state index in [1.54, 1.807) is 30.5 Å². The quantitative estimate of drug-likeness (QED) is 0.497. The molecule has 0 aliphatic carbocycles. The molecule has 3 aromatic rings. The van der Waals surface area contributed by atoms with Crippen LogP contribution in [0.2, 0.25) is 0 Å². The van der Waals surface area contributed by atoms with E-state index < -0.39 is 0 Å². The average Bonchev–Trinajstić information content (AvgIpc) is 2.49. The van der Waals surface area contributed by atoms with Gasteiger partial charge in [0.05, 0.1) is 16.9 Å². The van der Waals surface area contributed by atoms with E-state index in [2.05, 4.69) is 10.3 Å². The van der Waals surface area contributed by atoms with Gasteiger partial charge in [-0.15, -0.1) is 0 Å². The van der Waals surface area contributed by atoms with Crippen LogP contribution in [0.25, 0.3) is 10.9 Å². The number of fused-ring (bicyclic) bond motifs is 1. The first-order valence-electron chi connectivity index (χ1n) is 6.38. The Morgan fingerprint density at radius 3 is 2.81 bits per heavy atom. The van der Waals surface area contributed by atoms with E-state index >= 15 is 0 Å². The number of hydrogen-bond donors (Lipinski definition) is 3. The number of aromatic hydroxyl groups is 1. The topological polar surface area (TPSA) is 88.2 Å². The maximum absolute atomic E-state index is 12.2. The first kappa shape index (κ1) is 12.9. The lowest BCUT2D eigenvalue weighted by molar-refractivity contribution is 0.102. The molecule has 4 N–H and O–H groups in total. The number of phenolic OH excluding ortho intramolecular Hbond substituents is 1. The summed E-state index contributed by atoms with van der Waals surface area (Å²) in [6, 6.07) is 13.4. The van der Waals surface area contributed by atoms with Gasteiger partial charge in [0.2, 0.25) is 0 Å². The number of carbonyl (C=O) groups excluding carboxylic acids is 1. The molecule has 104 valence electrons. The standard InChI is InChI=1S/C16H13N3O2/c17-13-9-12(20)4-6-15(13)19-16(21)11-3-5-14-10(8-11)2-1-7-18-14/h1-9,20H,17H2,(H,19,21). The normalized spacial score (nSPS) is 10.5. The maximum atomic E-state index is 12.2. The van der Waals surface area contributed by atoms with Crippen molar-refractivity contribution in [2.24, 2.45) is 0 Å². The molecule has 0 saturated carbocycles. The molecule has 0 bridgehead atoms. The van der Waals surface area contributed by atoms with Gasteiger partial charge >= 0.3 is 0 Å². The molecule has 0 unspecified atom stereocenters. The Balaban J connectivity index is 1.89. The molecule has 1 amide bonds. The van der Waals surface area contributed by atoms with Crippen LogP contribution in [0, 0.1) is 0 Å². The molecule has 5 heteroatoms. The Bertz CT molecular complexity index is 831. The van der Waals surface area contributed by atoms with Gasteiger partial charge in [0.1, 0.15) is 5.75 Å². The van der Waals surface area contributed by atoms with Gasteiger partial charge in [0.15, 0.2) is 0 Å². The Morgan fingerprint density at radius 1 is 1.14 bits per heavy atom. The lowest BCUT2D eigenvalue weighted by Gasteiger charge is -2.09. The van der Waals surface area contributed by atoms with Crippen molar-refractivity contribution in [2.45, 2.75) is 0 Å². The number of benzene rings is 2. The van der Waals surface area contributed by atoms with Crippen molar-refractivity contribution in [1.82, 2.24) is 4.98 Å². The van der Waals surface area contributed by atoms with Crippen LogP contribution in [0.15, 0.2) is 54.7 Å². The molecule has 3 rings (SSSR count). The maximum Gasteiger partial charge on any atom is 0.255 e. The van der Waals surface area contributed by atoms with E-state index in [0.717, 1.165) is 10.9 Å². The molecule has 2 aromatic carbocycles. The second kappa shape index (κ2) is 5.13. The second-order valence-electron chi connectivity index (χ2n) is 4.64. The molecule has 1 heterocycles. The van der Waals surface area contributed by atoms with E-state index in [0.29, 0.717) is 16.9 Å². The monoisotopic (exact) mass is 279 g/mol. The summed E-state index contributed by atoms with van der Waals surface area (Å²) in [6.45, 7) is 0. The number of nitrogens with zero attached hydrogens (tertiary/aromatic N) is 1. The fraction of sp³-hybridized carbons (Fsp3) is 0. The molecule has 0 aliphatic rings. The number of anilines is 2. The van der Waals surface area contributed by atoms with Crippen LogP contribution in [0.3, 0.4) is 0 Å². The van der Waals surface area contributed by atoms with Gasteiger partial charge < -0.3 is 16.2 Å². The third-order valence-corrected chi connectivity index (χ3v) is 3.15. The Morgan fingerprint density at radius 2 is 2.00 bits per heavy atom. The minimum Gasteiger partial charge on any atom is -0.508 e. The van der Waals surface area contributed by atoms with Crippen molar-refractivity contribution in [3.8, 4) is 5.75 Å². The van der Waals surface area contributed by atoms with Crippen molar-refractivity contribution in [3.63, 3.8) is 0 Å². The number of aromatic nitrogens is 1. The van der Waals surface area contributed by atoms with Crippen molar-refractivity contribution >= 4 is 28.2 Å². The molecule has 0 atom stereocenters. The summed E-state index contributed by atoms with van der Waals surface area (Å²) < 4.78 is 0. The first-order chi connectivity index (χ1) is 10.1. The predicted molar refractivity (Wildman–Crippen MR) is 82.2 cm³/mol. The number of amides is 1. The highest BCUT2D eigenvalue weighted by Gasteiger charge is 2.09. The largest absolute Gasteiger partial charge is 0.508 e. The minimum absolute atomic E-state index is 0.0577. The van der Waals surface area contributed by atoms with Crippen molar-refractivity contribution in [2.75, 3.05) is 11.1 Å². The van der Waals surface area contributed by atoms with Crippen LogP contribution in [-0.4, -0.2) is 16.0 Å². The summed E-state index contributed by atoms with van der Waals surface area (Å²) in [5.41, 5.74) is 7.87. The number of rotatable bonds is 2. The van der Waals surface area contributed by atoms with Gasteiger partial charge in [-0.05, 0) is 36.4 Å². The lowest BCUT2D eigenvalue weighted by Crippen LogP contribution is -2.13. The summed E-state index contributed by atoms with van der Waals surface area (Å²) in [6.07, 6.45) is 1.71. The van der Waals surface area contributed by atoms with Crippen LogP contribution in [-0.2, 0) is 0 Å². The molecule has 5 nitrogen and oxygen atoms in total. The first-order valence-corrected chi connectivity index (χ1v) is 6.38. The zero-order chi connectivity index (χ0) is 14.8. The van der Waals surface area contributed by atoms with Gasteiger partial charge in [0, 0.05) is 23.2 Å². The SMILES string of the molecule is Nc1cc(O)ccc1NC(=O)c1ccc2ncccc2c1. The van der Waals surface area contributed by atoms with Gasteiger partial charge in [-0.1, -0.05) is 6.07 Å². The van der Waals surface area contributed by atoms with Gasteiger partial charge in [-0.2, -0.15) is 0 Å². The number of pyridine rings is 1. The Labute approximate surface area is 121 Å². The average molecular weight is 279 g/mol. The molecular weight excluding hydrogens is 266 g/mol. The van der Waals surface area contributed by atoms with Gasteiger partial charge in [-0.3, -0.25) is 9.78 Å². The summed E-state index contributed by atoms with van der Waals surface area (Å²) >= 11 is 0. The van der Waals surface area contributed by atoms with Crippen LogP contribution in [0.5, 0.6) is 5.75 Å². The predicted octanol–water partition coefficient (Wildman–Crippen LogP) is 2.77. The summed E-state index contributed by atoms with van der Waals surface area (Å²) in [4.78, 5) is 16.5. The summed E-state index contributed by atoms with van der Waals surface area (Å²) in [5, 5.41) is 12.9. The van der Waals surface area contributed by atoms with Crippen LogP contribution in [0.4, 0.5) is 11.4 Å². The third kappa shape index (κ3) is 2.62. The highest BCUT2D eigenvalue weighted by atomic mass is 16.3. The number of nitrogens with one attached hydrogen (secondary N) is 1. The number of phenols is 1. The summed E-state index contributed by atoms with van der Waals surface area (Å²) in [7, 11) is 0. The second-order valence-corrected chi connectivity index (χ2v) is 4.64. The van der Waals surface area contributed by atoms with E-state index in [1.807, 2.05) is 12.1 Å². The zero-order valence-electron chi connectivity index (χ0n) is 11.1. The third-order valence-electron chi connectivity index (χ3n) is 3.15. The fourth-order valence-corrected chi connectivity index (χ4v) is 2.08. The molecule has 0 radical (unpaired) electrons. The molecule has 0 saturated heterocycles. The van der Waals surface area contributed by atoms with Crippen LogP contribution in [0.1, 0.15) is 10.4 Å². The molecule has 0 aliphatic heterocycles. The van der Waals surface area contributed by atoms with Crippen molar-refractivity contribution < 1.29 is 9.90 Å². The lowest BCUT2D eigenvalue weighted by atomic mass is 10.1. The van der Waals surface area contributed by atoms with E-state index in [1.165, 1.54) is 12.1 Å². The number of nitrogen functional groups attached to an aromatic ring is 1. The minimum atomic E-state index is -0.266. The molecule has 1 aromatic heterocycles. The van der Waals surface area contributed by atoms with Crippen molar-refractivity contribution in [1.29, 1.82) is 0 Å². The molecule has 0 spiro atoms. The fourth-order valence-electron chi connectivity index (χ4n) is 2.08. The Hall–Kier alpha value is -3.08. The van der Waals surface area contributed by atoms with Crippen molar-refractivity contribution in [3.05, 3.63) is 60.3 Å². The van der Waals surface area contributed by atoms with E-state index in [9.17, 15) is 9.90 Å². The Kier molecular flexibility index (Phi) is 3.16. The summed E-state index contributed by atoms with van der Waals surface area (Å²) in [5.74, 6) is -0.208. The molecule has 21 heavy (non-hydrogen) atoms. The van der Waals surface area contributed by atoms with E-state index in [-0.39, 0.29) is 11.7 Å². The number of carbonyl (C=O) groups is 1. The smallest absolute Gasteiger partial charge is 0.255 e. The van der Waals surface area contributed by atoms with E-state index in [4.69, 9.17) is 5.73 Å². The molecule has 0 fully saturated rings. The highest BCUT2D eigenvalue weighted by molar-refractivity contribution is 6.07. The zero-order valence-corrected chi connectivity index (χ0v) is 11.1. The van der Waals surface area contributed by atoms with Crippen LogP contribution < -0.4 is 11.1 Å². The van der Waals surface area contributed by atoms with Gasteiger partial charge in [-0.25, -0.2) is 0 Å². The molecular formula is C16H13N3O2. The number of nitrogens with two attached hydrogens (primary N) is 1. The highest BCUT2D eigenvalue weighted by Crippen LogP contribution is 2.24. The van der Waals surface area contributed by atoms with Gasteiger partial charge in [0.25, 0.3) is 5.91 Å². The van der Waals surface area contributed by atoms with Crippen LogP contribution >= 0.6 is 0 Å².